The van der Waals surface area contributed by atoms with Crippen LogP contribution in [0.3, 0.4) is 0 Å². The zero-order valence-corrected chi connectivity index (χ0v) is 31.2. The molecule has 0 bridgehead atoms. The number of nitrogens with one attached hydrogen (secondary N) is 1. The first-order chi connectivity index (χ1) is 23.5. The van der Waals surface area contributed by atoms with Crippen molar-refractivity contribution in [1.29, 1.82) is 0 Å². The Labute approximate surface area is 296 Å². The predicted octanol–water partition coefficient (Wildman–Crippen LogP) is 9.95. The van der Waals surface area contributed by atoms with Gasteiger partial charge in [-0.05, 0) is 83.5 Å². The first-order valence-electron chi connectivity index (χ1n) is 20.0. The van der Waals surface area contributed by atoms with E-state index in [9.17, 15) is 25.2 Å². The number of rotatable bonds is 35. The molecular formula is C42H77NO5. The number of hydrogen-bond donors (Lipinski definition) is 5. The molecule has 0 aliphatic rings. The lowest BCUT2D eigenvalue weighted by atomic mass is 10.00. The number of carbonyl (C=O) groups is 1. The average Bonchev–Trinajstić information content (AvgIpc) is 3.09. The summed E-state index contributed by atoms with van der Waals surface area (Å²) in [4.78, 5) is 12.5. The van der Waals surface area contributed by atoms with Gasteiger partial charge >= 0.3 is 0 Å². The Hall–Kier alpha value is -1.73. The topological polar surface area (TPSA) is 110 Å². The minimum Gasteiger partial charge on any atom is -0.394 e. The molecule has 0 aromatic rings. The fourth-order valence-corrected chi connectivity index (χ4v) is 5.73. The van der Waals surface area contributed by atoms with E-state index in [1.54, 1.807) is 0 Å². The van der Waals surface area contributed by atoms with E-state index >= 15 is 0 Å². The van der Waals surface area contributed by atoms with Crippen molar-refractivity contribution >= 4 is 5.91 Å². The Morgan fingerprint density at radius 2 is 0.917 bits per heavy atom. The van der Waals surface area contributed by atoms with Crippen molar-refractivity contribution in [1.82, 2.24) is 5.32 Å². The molecule has 0 radical (unpaired) electrons. The van der Waals surface area contributed by atoms with Gasteiger partial charge in [0.2, 0.25) is 5.91 Å². The van der Waals surface area contributed by atoms with Crippen LogP contribution in [0.4, 0.5) is 0 Å². The van der Waals surface area contributed by atoms with Crippen molar-refractivity contribution < 1.29 is 25.2 Å². The second-order valence-electron chi connectivity index (χ2n) is 13.6. The third kappa shape index (κ3) is 30.3. The van der Waals surface area contributed by atoms with E-state index in [-0.39, 0.29) is 0 Å². The first kappa shape index (κ1) is 46.3. The Balaban J connectivity index is 3.87. The summed E-state index contributed by atoms with van der Waals surface area (Å²) in [7, 11) is 0. The number of amides is 1. The number of carbonyl (C=O) groups excluding carboxylic acids is 1. The summed E-state index contributed by atoms with van der Waals surface area (Å²) in [6, 6.07) is -1.01. The minimum atomic E-state index is -1.29. The van der Waals surface area contributed by atoms with Gasteiger partial charge in [-0.1, -0.05) is 146 Å². The highest BCUT2D eigenvalue weighted by Crippen LogP contribution is 2.14. The van der Waals surface area contributed by atoms with E-state index in [1.807, 2.05) is 0 Å². The molecule has 0 saturated heterocycles. The van der Waals surface area contributed by atoms with E-state index < -0.39 is 36.9 Å². The van der Waals surface area contributed by atoms with Crippen LogP contribution in [0.25, 0.3) is 0 Å². The number of aliphatic hydroxyl groups excluding tert-OH is 4. The van der Waals surface area contributed by atoms with Crippen LogP contribution in [0.2, 0.25) is 0 Å². The van der Waals surface area contributed by atoms with Crippen molar-refractivity contribution in [2.75, 3.05) is 6.61 Å². The molecule has 4 unspecified atom stereocenters. The summed E-state index contributed by atoms with van der Waals surface area (Å²) in [5, 5.41) is 43.5. The maximum absolute atomic E-state index is 12.5. The smallest absolute Gasteiger partial charge is 0.249 e. The minimum absolute atomic E-state index is 0.350. The molecule has 0 saturated carbocycles. The normalized spacial score (nSPS) is 14.9. The van der Waals surface area contributed by atoms with Crippen LogP contribution in [0, 0.1) is 0 Å². The number of hydrogen-bond acceptors (Lipinski definition) is 5. The maximum atomic E-state index is 12.5. The van der Waals surface area contributed by atoms with Gasteiger partial charge in [-0.15, -0.1) is 0 Å². The number of allylic oxidation sites excluding steroid dienone is 8. The molecule has 0 aromatic heterocycles. The van der Waals surface area contributed by atoms with Gasteiger partial charge in [-0.3, -0.25) is 4.79 Å². The number of unbranched alkanes of at least 4 members (excludes halogenated alkanes) is 18. The van der Waals surface area contributed by atoms with Gasteiger partial charge < -0.3 is 25.7 Å². The van der Waals surface area contributed by atoms with Gasteiger partial charge in [0.05, 0.1) is 18.8 Å². The Bertz CT molecular complexity index is 808. The van der Waals surface area contributed by atoms with Gasteiger partial charge in [0, 0.05) is 0 Å². The summed E-state index contributed by atoms with van der Waals surface area (Å²) in [6.45, 7) is 3.95. The molecule has 0 heterocycles. The summed E-state index contributed by atoms with van der Waals surface area (Å²) in [5.41, 5.74) is 0. The largest absolute Gasteiger partial charge is 0.394 e. The molecule has 0 aliphatic heterocycles. The molecule has 0 fully saturated rings. The molecule has 6 nitrogen and oxygen atoms in total. The lowest BCUT2D eigenvalue weighted by Crippen LogP contribution is -2.53. The van der Waals surface area contributed by atoms with Crippen molar-refractivity contribution in [2.24, 2.45) is 0 Å². The van der Waals surface area contributed by atoms with Crippen molar-refractivity contribution in [3.05, 3.63) is 48.6 Å². The lowest BCUT2D eigenvalue weighted by molar-refractivity contribution is -0.132. The van der Waals surface area contributed by atoms with E-state index in [1.165, 1.54) is 77.0 Å². The van der Waals surface area contributed by atoms with Crippen LogP contribution < -0.4 is 5.32 Å². The summed E-state index contributed by atoms with van der Waals surface area (Å²) < 4.78 is 0. The van der Waals surface area contributed by atoms with Gasteiger partial charge in [-0.25, -0.2) is 0 Å². The lowest BCUT2D eigenvalue weighted by Gasteiger charge is -2.27. The van der Waals surface area contributed by atoms with Crippen molar-refractivity contribution in [3.8, 4) is 0 Å². The quantitative estimate of drug-likeness (QED) is 0.0339. The van der Waals surface area contributed by atoms with E-state index in [0.29, 0.717) is 19.3 Å². The van der Waals surface area contributed by atoms with Gasteiger partial charge in [-0.2, -0.15) is 0 Å². The standard InChI is InChI=1S/C42H77NO5/c1-3-5-7-9-11-13-15-17-19-20-21-22-24-26-28-30-32-34-36-40(46)42(48)43-38(37-44)41(47)39(45)35-33-31-29-27-25-23-18-16-14-12-10-8-6-4-2/h8,10,16,18,20-21,27,29,38-41,44-47H,3-7,9,11-15,17,19,22-26,28,30-37H2,1-2H3,(H,43,48)/b10-8+,18-16+,21-20-,29-27+. The highest BCUT2D eigenvalue weighted by Gasteiger charge is 2.28. The van der Waals surface area contributed by atoms with E-state index in [4.69, 9.17) is 0 Å². The zero-order chi connectivity index (χ0) is 35.3. The van der Waals surface area contributed by atoms with Crippen molar-refractivity contribution in [2.45, 2.75) is 205 Å². The van der Waals surface area contributed by atoms with Gasteiger partial charge in [0.1, 0.15) is 12.2 Å². The van der Waals surface area contributed by atoms with Crippen LogP contribution in [0.5, 0.6) is 0 Å². The van der Waals surface area contributed by atoms with Crippen molar-refractivity contribution in [3.63, 3.8) is 0 Å². The molecule has 5 N–H and O–H groups in total. The van der Waals surface area contributed by atoms with Crippen LogP contribution in [-0.2, 0) is 4.79 Å². The zero-order valence-electron chi connectivity index (χ0n) is 31.2. The summed E-state index contributed by atoms with van der Waals surface area (Å²) in [6.07, 6.45) is 42.7. The Morgan fingerprint density at radius 3 is 1.40 bits per heavy atom. The highest BCUT2D eigenvalue weighted by molar-refractivity contribution is 5.80. The first-order valence-corrected chi connectivity index (χ1v) is 20.0. The molecule has 1 amide bonds. The molecule has 0 spiro atoms. The second-order valence-corrected chi connectivity index (χ2v) is 13.6. The second kappa shape index (κ2) is 36.5. The predicted molar refractivity (Wildman–Crippen MR) is 205 cm³/mol. The molecule has 0 aromatic carbocycles. The van der Waals surface area contributed by atoms with E-state index in [0.717, 1.165) is 70.6 Å². The molecule has 48 heavy (non-hydrogen) atoms. The maximum Gasteiger partial charge on any atom is 0.249 e. The molecule has 4 atom stereocenters. The van der Waals surface area contributed by atoms with Gasteiger partial charge in [0.15, 0.2) is 0 Å². The van der Waals surface area contributed by atoms with E-state index in [2.05, 4.69) is 67.8 Å². The molecule has 6 heteroatoms. The monoisotopic (exact) mass is 676 g/mol. The average molecular weight is 676 g/mol. The summed E-state index contributed by atoms with van der Waals surface area (Å²) >= 11 is 0. The van der Waals surface area contributed by atoms with Crippen LogP contribution >= 0.6 is 0 Å². The van der Waals surface area contributed by atoms with Gasteiger partial charge in [0.25, 0.3) is 0 Å². The molecule has 0 aliphatic carbocycles. The Morgan fingerprint density at radius 1 is 0.500 bits per heavy atom. The van der Waals surface area contributed by atoms with Crippen LogP contribution in [-0.4, -0.2) is 57.3 Å². The third-order valence-corrected chi connectivity index (χ3v) is 8.95. The Kier molecular flexibility index (Phi) is 35.2. The summed E-state index contributed by atoms with van der Waals surface area (Å²) in [5.74, 6) is -0.607. The third-order valence-electron chi connectivity index (χ3n) is 8.95. The van der Waals surface area contributed by atoms with Crippen LogP contribution in [0.15, 0.2) is 48.6 Å². The number of aliphatic hydroxyl groups is 4. The molecule has 0 rings (SSSR count). The fourth-order valence-electron chi connectivity index (χ4n) is 5.73. The SMILES string of the molecule is CCC/C=C/CC/C=C/CC/C=C/CCCC(O)C(O)C(CO)NC(=O)C(O)CCCCCCCC/C=C\CCCCCCCCCC. The highest BCUT2D eigenvalue weighted by atomic mass is 16.3. The molecule has 280 valence electrons. The fraction of sp³-hybridized carbons (Fsp3) is 0.786. The molecular weight excluding hydrogens is 598 g/mol. The van der Waals surface area contributed by atoms with Crippen LogP contribution in [0.1, 0.15) is 181 Å².